The van der Waals surface area contributed by atoms with Gasteiger partial charge in [-0.3, -0.25) is 4.79 Å². The highest BCUT2D eigenvalue weighted by molar-refractivity contribution is 5.90. The summed E-state index contributed by atoms with van der Waals surface area (Å²) in [5.74, 6) is 0.850. The second-order valence-electron chi connectivity index (χ2n) is 4.50. The Morgan fingerprint density at radius 2 is 1.88 bits per heavy atom. The second-order valence-corrected chi connectivity index (χ2v) is 4.50. The van der Waals surface area contributed by atoms with Gasteiger partial charge >= 0.3 is 0 Å². The summed E-state index contributed by atoms with van der Waals surface area (Å²) in [6, 6.07) is 8.34. The first kappa shape index (κ1) is 9.64. The van der Waals surface area contributed by atoms with Crippen LogP contribution in [0, 0.1) is 0 Å². The molecule has 1 saturated carbocycles. The van der Waals surface area contributed by atoms with Gasteiger partial charge in [-0.15, -0.1) is 0 Å². The van der Waals surface area contributed by atoms with Gasteiger partial charge in [0.05, 0.1) is 12.7 Å². The van der Waals surface area contributed by atoms with E-state index in [0.29, 0.717) is 12.3 Å². The van der Waals surface area contributed by atoms with Crippen molar-refractivity contribution in [3.8, 4) is 0 Å². The topological polar surface area (TPSA) is 26.3 Å². The van der Waals surface area contributed by atoms with Gasteiger partial charge in [-0.2, -0.15) is 0 Å². The molecular weight excluding hydrogens is 200 g/mol. The maximum atomic E-state index is 11.4. The molecule has 1 heterocycles. The van der Waals surface area contributed by atoms with Gasteiger partial charge in [0.1, 0.15) is 6.10 Å². The van der Waals surface area contributed by atoms with Gasteiger partial charge in [-0.1, -0.05) is 24.3 Å². The minimum atomic E-state index is -0.0747. The van der Waals surface area contributed by atoms with E-state index in [-0.39, 0.29) is 11.9 Å². The Morgan fingerprint density at radius 3 is 2.56 bits per heavy atom. The molecule has 3 rings (SSSR count). The minimum absolute atomic E-state index is 0.0747. The predicted molar refractivity (Wildman–Crippen MR) is 61.0 cm³/mol. The fourth-order valence-corrected chi connectivity index (χ4v) is 2.26. The molecule has 0 radical (unpaired) electrons. The van der Waals surface area contributed by atoms with Crippen molar-refractivity contribution in [3.63, 3.8) is 0 Å². The molecule has 16 heavy (non-hydrogen) atoms. The van der Waals surface area contributed by atoms with Crippen molar-refractivity contribution in [1.29, 1.82) is 0 Å². The first-order valence-corrected chi connectivity index (χ1v) is 5.78. The van der Waals surface area contributed by atoms with Crippen LogP contribution < -0.4 is 0 Å². The van der Waals surface area contributed by atoms with E-state index in [1.54, 1.807) is 0 Å². The summed E-state index contributed by atoms with van der Waals surface area (Å²) in [6.07, 6.45) is 5.98. The van der Waals surface area contributed by atoms with Crippen molar-refractivity contribution in [2.24, 2.45) is 0 Å². The molecule has 1 fully saturated rings. The van der Waals surface area contributed by atoms with Crippen molar-refractivity contribution in [2.45, 2.75) is 31.3 Å². The number of ketones is 1. The summed E-state index contributed by atoms with van der Waals surface area (Å²) in [5.41, 5.74) is 2.57. The fourth-order valence-electron chi connectivity index (χ4n) is 2.26. The largest absolute Gasteiger partial charge is 0.493 e. The smallest absolute Gasteiger partial charge is 0.162 e. The molecule has 2 heteroatoms. The van der Waals surface area contributed by atoms with E-state index in [0.717, 1.165) is 0 Å². The number of allylic oxidation sites excluding steroid dienone is 1. The standard InChI is InChI=1S/C14H14O2/c15-11-7-8-16-14(9-11)13-4-2-1-3-12(13)10-5-6-10/h1-4,7-8,10,14H,5-6,9H2. The molecule has 0 aromatic heterocycles. The van der Waals surface area contributed by atoms with Gasteiger partial charge in [-0.25, -0.2) is 0 Å². The van der Waals surface area contributed by atoms with Crippen LogP contribution in [0.3, 0.4) is 0 Å². The van der Waals surface area contributed by atoms with Crippen molar-refractivity contribution in [3.05, 3.63) is 47.7 Å². The Morgan fingerprint density at radius 1 is 1.12 bits per heavy atom. The van der Waals surface area contributed by atoms with Crippen molar-refractivity contribution < 1.29 is 9.53 Å². The van der Waals surface area contributed by atoms with E-state index < -0.39 is 0 Å². The van der Waals surface area contributed by atoms with E-state index in [1.807, 2.05) is 6.07 Å². The van der Waals surface area contributed by atoms with Crippen LogP contribution in [0.1, 0.15) is 42.4 Å². The monoisotopic (exact) mass is 214 g/mol. The van der Waals surface area contributed by atoms with Crippen LogP contribution in [0.25, 0.3) is 0 Å². The van der Waals surface area contributed by atoms with Gasteiger partial charge in [0.2, 0.25) is 0 Å². The number of ether oxygens (including phenoxy) is 1. The summed E-state index contributed by atoms with van der Waals surface area (Å²) >= 11 is 0. The molecule has 0 amide bonds. The van der Waals surface area contributed by atoms with E-state index in [2.05, 4.69) is 18.2 Å². The van der Waals surface area contributed by atoms with Crippen LogP contribution >= 0.6 is 0 Å². The molecule has 2 aliphatic rings. The van der Waals surface area contributed by atoms with E-state index in [4.69, 9.17) is 4.74 Å². The SMILES string of the molecule is O=C1C=COC(c2ccccc2C2CC2)C1. The molecule has 0 N–H and O–H groups in total. The molecule has 1 aliphatic heterocycles. The van der Waals surface area contributed by atoms with Crippen molar-refractivity contribution in [2.75, 3.05) is 0 Å². The third-order valence-electron chi connectivity index (χ3n) is 3.24. The summed E-state index contributed by atoms with van der Waals surface area (Å²) in [7, 11) is 0. The molecule has 0 bridgehead atoms. The highest BCUT2D eigenvalue weighted by Gasteiger charge is 2.29. The van der Waals surface area contributed by atoms with Crippen molar-refractivity contribution in [1.82, 2.24) is 0 Å². The Bertz CT molecular complexity index is 444. The van der Waals surface area contributed by atoms with Crippen LogP contribution in [-0.4, -0.2) is 5.78 Å². The molecule has 0 spiro atoms. The maximum absolute atomic E-state index is 11.4. The molecule has 2 nitrogen and oxygen atoms in total. The molecule has 1 atom stereocenters. The highest BCUT2D eigenvalue weighted by Crippen LogP contribution is 2.44. The fraction of sp³-hybridized carbons (Fsp3) is 0.357. The third kappa shape index (κ3) is 1.75. The van der Waals surface area contributed by atoms with E-state index in [9.17, 15) is 4.79 Å². The minimum Gasteiger partial charge on any atom is -0.493 e. The quantitative estimate of drug-likeness (QED) is 0.756. The van der Waals surface area contributed by atoms with Crippen LogP contribution in [0.5, 0.6) is 0 Å². The second kappa shape index (κ2) is 3.78. The predicted octanol–water partition coefficient (Wildman–Crippen LogP) is 3.11. The maximum Gasteiger partial charge on any atom is 0.162 e. The lowest BCUT2D eigenvalue weighted by Gasteiger charge is -2.21. The van der Waals surface area contributed by atoms with Crippen LogP contribution in [0.2, 0.25) is 0 Å². The van der Waals surface area contributed by atoms with E-state index in [1.165, 1.54) is 36.3 Å². The third-order valence-corrected chi connectivity index (χ3v) is 3.24. The normalized spacial score (nSPS) is 24.2. The summed E-state index contributed by atoms with van der Waals surface area (Å²) in [6.45, 7) is 0. The number of rotatable bonds is 2. The summed E-state index contributed by atoms with van der Waals surface area (Å²) in [4.78, 5) is 11.4. The highest BCUT2D eigenvalue weighted by atomic mass is 16.5. The lowest BCUT2D eigenvalue weighted by Crippen LogP contribution is -2.12. The number of hydrogen-bond donors (Lipinski definition) is 0. The van der Waals surface area contributed by atoms with Gasteiger partial charge < -0.3 is 4.74 Å². The Labute approximate surface area is 94.9 Å². The number of benzene rings is 1. The van der Waals surface area contributed by atoms with Gasteiger partial charge in [-0.05, 0) is 29.9 Å². The molecule has 1 aliphatic carbocycles. The Kier molecular flexibility index (Phi) is 2.28. The molecule has 82 valence electrons. The number of hydrogen-bond acceptors (Lipinski definition) is 2. The zero-order valence-corrected chi connectivity index (χ0v) is 9.06. The lowest BCUT2D eigenvalue weighted by molar-refractivity contribution is -0.118. The van der Waals surface area contributed by atoms with Gasteiger partial charge in [0, 0.05) is 6.08 Å². The number of carbonyl (C=O) groups excluding carboxylic acids is 1. The van der Waals surface area contributed by atoms with Gasteiger partial charge in [0.25, 0.3) is 0 Å². The zero-order valence-electron chi connectivity index (χ0n) is 9.06. The Balaban J connectivity index is 1.93. The van der Waals surface area contributed by atoms with Crippen LogP contribution in [0.15, 0.2) is 36.6 Å². The summed E-state index contributed by atoms with van der Waals surface area (Å²) < 4.78 is 5.55. The van der Waals surface area contributed by atoms with Crippen molar-refractivity contribution >= 4 is 5.78 Å². The first-order valence-electron chi connectivity index (χ1n) is 5.78. The lowest BCUT2D eigenvalue weighted by atomic mass is 9.95. The van der Waals surface area contributed by atoms with E-state index >= 15 is 0 Å². The van der Waals surface area contributed by atoms with Gasteiger partial charge in [0.15, 0.2) is 5.78 Å². The molecule has 1 aromatic carbocycles. The zero-order chi connectivity index (χ0) is 11.0. The average Bonchev–Trinajstić information content (AvgIpc) is 3.13. The van der Waals surface area contributed by atoms with Crippen LogP contribution in [-0.2, 0) is 9.53 Å². The number of carbonyl (C=O) groups is 1. The molecular formula is C14H14O2. The molecule has 1 unspecified atom stereocenters. The molecule has 1 aromatic rings. The Hall–Kier alpha value is -1.57. The first-order chi connectivity index (χ1) is 7.84. The van der Waals surface area contributed by atoms with Crippen LogP contribution in [0.4, 0.5) is 0 Å². The molecule has 0 saturated heterocycles. The average molecular weight is 214 g/mol. The summed E-state index contributed by atoms with van der Waals surface area (Å²) in [5, 5.41) is 0.